The van der Waals surface area contributed by atoms with Crippen molar-refractivity contribution in [3.05, 3.63) is 53.9 Å². The first-order valence-corrected chi connectivity index (χ1v) is 6.37. The Morgan fingerprint density at radius 2 is 2.15 bits per heavy atom. The minimum absolute atomic E-state index is 0.169. The number of carbonyl (C=O) groups is 1. The van der Waals surface area contributed by atoms with Gasteiger partial charge in [-0.1, -0.05) is 30.3 Å². The minimum Gasteiger partial charge on any atom is -0.340 e. The molecule has 1 aromatic heterocycles. The van der Waals surface area contributed by atoms with Crippen molar-refractivity contribution in [2.24, 2.45) is 5.92 Å². The van der Waals surface area contributed by atoms with Gasteiger partial charge in [0.1, 0.15) is 5.92 Å². The Morgan fingerprint density at radius 1 is 1.40 bits per heavy atom. The molecule has 0 radical (unpaired) electrons. The molecular weight excluding hydrogens is 252 g/mol. The first kappa shape index (κ1) is 13.8. The van der Waals surface area contributed by atoms with Gasteiger partial charge in [0.25, 0.3) is 0 Å². The highest BCUT2D eigenvalue weighted by atomic mass is 16.2. The predicted molar refractivity (Wildman–Crippen MR) is 74.3 cm³/mol. The van der Waals surface area contributed by atoms with E-state index in [2.05, 4.69) is 16.3 Å². The fourth-order valence-corrected chi connectivity index (χ4v) is 2.02. The van der Waals surface area contributed by atoms with Crippen molar-refractivity contribution in [2.45, 2.75) is 13.0 Å². The lowest BCUT2D eigenvalue weighted by Crippen LogP contribution is -2.32. The lowest BCUT2D eigenvalue weighted by molar-refractivity contribution is -0.132. The Balaban J connectivity index is 2.00. The normalized spacial score (nSPS) is 11.6. The highest BCUT2D eigenvalue weighted by Crippen LogP contribution is 2.12. The van der Waals surface area contributed by atoms with Gasteiger partial charge in [-0.2, -0.15) is 10.4 Å². The molecule has 0 saturated heterocycles. The van der Waals surface area contributed by atoms with E-state index in [9.17, 15) is 10.1 Å². The molecule has 5 nitrogen and oxygen atoms in total. The summed E-state index contributed by atoms with van der Waals surface area (Å²) in [6.07, 6.45) is 3.84. The number of carbonyl (C=O) groups excluding carboxylic acids is 1. The summed E-state index contributed by atoms with van der Waals surface area (Å²) in [5.41, 5.74) is 1.90. The maximum atomic E-state index is 12.3. The van der Waals surface area contributed by atoms with Crippen LogP contribution >= 0.6 is 0 Å². The molecule has 102 valence electrons. The Bertz CT molecular complexity index is 586. The molecule has 5 heteroatoms. The van der Waals surface area contributed by atoms with Crippen molar-refractivity contribution in [1.82, 2.24) is 15.1 Å². The van der Waals surface area contributed by atoms with E-state index >= 15 is 0 Å². The molecule has 0 fully saturated rings. The number of H-pyrrole nitrogens is 1. The van der Waals surface area contributed by atoms with Crippen molar-refractivity contribution in [1.29, 1.82) is 5.26 Å². The summed E-state index contributed by atoms with van der Waals surface area (Å²) < 4.78 is 0. The zero-order valence-electron chi connectivity index (χ0n) is 11.3. The predicted octanol–water partition coefficient (Wildman–Crippen LogP) is 1.75. The average Bonchev–Trinajstić information content (AvgIpc) is 2.98. The van der Waals surface area contributed by atoms with Crippen LogP contribution in [-0.4, -0.2) is 28.1 Å². The van der Waals surface area contributed by atoms with Crippen molar-refractivity contribution in [3.8, 4) is 6.07 Å². The number of rotatable bonds is 5. The summed E-state index contributed by atoms with van der Waals surface area (Å²) in [6.45, 7) is 0.447. The number of aromatic nitrogens is 2. The Kier molecular flexibility index (Phi) is 4.51. The van der Waals surface area contributed by atoms with Gasteiger partial charge in [0.05, 0.1) is 12.3 Å². The fraction of sp³-hybridized carbons (Fsp3) is 0.267. The van der Waals surface area contributed by atoms with E-state index in [1.54, 1.807) is 24.3 Å². The second kappa shape index (κ2) is 6.53. The molecule has 0 saturated carbocycles. The van der Waals surface area contributed by atoms with Gasteiger partial charge in [-0.15, -0.1) is 0 Å². The zero-order valence-corrected chi connectivity index (χ0v) is 11.3. The van der Waals surface area contributed by atoms with E-state index in [-0.39, 0.29) is 5.91 Å². The van der Waals surface area contributed by atoms with Crippen LogP contribution in [0.1, 0.15) is 11.1 Å². The summed E-state index contributed by atoms with van der Waals surface area (Å²) in [5, 5.41) is 15.8. The summed E-state index contributed by atoms with van der Waals surface area (Å²) >= 11 is 0. The van der Waals surface area contributed by atoms with E-state index in [0.29, 0.717) is 13.0 Å². The zero-order chi connectivity index (χ0) is 14.4. The van der Waals surface area contributed by atoms with Gasteiger partial charge in [0.15, 0.2) is 0 Å². The molecule has 1 unspecified atom stereocenters. The number of hydrogen-bond acceptors (Lipinski definition) is 3. The first-order chi connectivity index (χ1) is 9.70. The lowest BCUT2D eigenvalue weighted by atomic mass is 9.99. The quantitative estimate of drug-likeness (QED) is 0.897. The molecule has 1 atom stereocenters. The molecule has 0 aliphatic carbocycles. The van der Waals surface area contributed by atoms with Gasteiger partial charge in [-0.25, -0.2) is 0 Å². The van der Waals surface area contributed by atoms with Crippen LogP contribution in [0, 0.1) is 17.2 Å². The molecule has 0 spiro atoms. The number of nitriles is 1. The molecule has 0 aliphatic heterocycles. The van der Waals surface area contributed by atoms with Gasteiger partial charge in [-0.05, 0) is 12.0 Å². The van der Waals surface area contributed by atoms with Crippen LogP contribution in [0.5, 0.6) is 0 Å². The highest BCUT2D eigenvalue weighted by Gasteiger charge is 2.22. The van der Waals surface area contributed by atoms with Crippen LogP contribution < -0.4 is 0 Å². The molecule has 2 aromatic rings. The van der Waals surface area contributed by atoms with E-state index in [1.807, 2.05) is 30.3 Å². The molecule has 1 N–H and O–H groups in total. The minimum atomic E-state index is -0.658. The summed E-state index contributed by atoms with van der Waals surface area (Å²) in [6, 6.07) is 11.7. The van der Waals surface area contributed by atoms with Crippen molar-refractivity contribution in [3.63, 3.8) is 0 Å². The van der Waals surface area contributed by atoms with Crippen molar-refractivity contribution >= 4 is 5.91 Å². The van der Waals surface area contributed by atoms with Crippen LogP contribution in [0.15, 0.2) is 42.7 Å². The van der Waals surface area contributed by atoms with Crippen LogP contribution in [0.2, 0.25) is 0 Å². The molecule has 1 amide bonds. The highest BCUT2D eigenvalue weighted by molar-refractivity contribution is 5.81. The lowest BCUT2D eigenvalue weighted by Gasteiger charge is -2.19. The van der Waals surface area contributed by atoms with Gasteiger partial charge < -0.3 is 4.90 Å². The molecule has 0 bridgehead atoms. The first-order valence-electron chi connectivity index (χ1n) is 6.37. The number of amides is 1. The smallest absolute Gasteiger partial charge is 0.240 e. The van der Waals surface area contributed by atoms with Gasteiger partial charge in [-0.3, -0.25) is 9.89 Å². The maximum Gasteiger partial charge on any atom is 0.240 e. The van der Waals surface area contributed by atoms with Crippen molar-refractivity contribution in [2.75, 3.05) is 7.05 Å². The van der Waals surface area contributed by atoms with Gasteiger partial charge >= 0.3 is 0 Å². The summed E-state index contributed by atoms with van der Waals surface area (Å²) in [5.74, 6) is -0.827. The second-order valence-electron chi connectivity index (χ2n) is 4.67. The number of hydrogen-bond donors (Lipinski definition) is 1. The average molecular weight is 268 g/mol. The van der Waals surface area contributed by atoms with E-state index in [4.69, 9.17) is 0 Å². The van der Waals surface area contributed by atoms with Crippen LogP contribution in [-0.2, 0) is 17.8 Å². The summed E-state index contributed by atoms with van der Waals surface area (Å²) in [4.78, 5) is 13.8. The topological polar surface area (TPSA) is 72.8 Å². The van der Waals surface area contributed by atoms with E-state index in [0.717, 1.165) is 11.1 Å². The van der Waals surface area contributed by atoms with Crippen molar-refractivity contribution < 1.29 is 4.79 Å². The van der Waals surface area contributed by atoms with Crippen LogP contribution in [0.25, 0.3) is 0 Å². The Hall–Kier alpha value is -2.61. The Labute approximate surface area is 117 Å². The van der Waals surface area contributed by atoms with E-state index in [1.165, 1.54) is 0 Å². The largest absolute Gasteiger partial charge is 0.340 e. The Morgan fingerprint density at radius 3 is 2.75 bits per heavy atom. The van der Waals surface area contributed by atoms with Crippen LogP contribution in [0.4, 0.5) is 0 Å². The maximum absolute atomic E-state index is 12.3. The molecule has 2 rings (SSSR count). The third-order valence-electron chi connectivity index (χ3n) is 3.09. The SMILES string of the molecule is CN(Cc1cn[nH]c1)C(=O)C(C#N)Cc1ccccc1. The molecule has 1 aromatic carbocycles. The third-order valence-corrected chi connectivity index (χ3v) is 3.09. The molecule has 1 heterocycles. The standard InChI is InChI=1S/C15H16N4O/c1-19(11-13-9-17-18-10-13)15(20)14(8-16)7-12-5-3-2-4-6-12/h2-6,9-10,14H,7,11H2,1H3,(H,17,18). The number of aromatic amines is 1. The van der Waals surface area contributed by atoms with Gasteiger partial charge in [0.2, 0.25) is 5.91 Å². The number of benzene rings is 1. The monoisotopic (exact) mass is 268 g/mol. The van der Waals surface area contributed by atoms with E-state index < -0.39 is 5.92 Å². The third kappa shape index (κ3) is 3.45. The summed E-state index contributed by atoms with van der Waals surface area (Å²) in [7, 11) is 1.70. The molecule has 0 aliphatic rings. The number of nitrogens with zero attached hydrogens (tertiary/aromatic N) is 3. The number of nitrogens with one attached hydrogen (secondary N) is 1. The fourth-order valence-electron chi connectivity index (χ4n) is 2.02. The van der Waals surface area contributed by atoms with Gasteiger partial charge in [0, 0.05) is 25.4 Å². The van der Waals surface area contributed by atoms with Crippen LogP contribution in [0.3, 0.4) is 0 Å². The second-order valence-corrected chi connectivity index (χ2v) is 4.67. The molecule has 20 heavy (non-hydrogen) atoms. The molecular formula is C15H16N4O.